The van der Waals surface area contributed by atoms with Crippen LogP contribution in [0.3, 0.4) is 0 Å². The molecule has 2 rings (SSSR count). The van der Waals surface area contributed by atoms with Crippen molar-refractivity contribution in [2.45, 2.75) is 25.8 Å². The lowest BCUT2D eigenvalue weighted by molar-refractivity contribution is -0.145. The molecule has 2 heterocycles. The van der Waals surface area contributed by atoms with Gasteiger partial charge >= 0.3 is 12.0 Å². The second-order valence-electron chi connectivity index (χ2n) is 5.78. The maximum atomic E-state index is 12.2. The van der Waals surface area contributed by atoms with E-state index in [2.05, 4.69) is 10.2 Å². The van der Waals surface area contributed by atoms with E-state index in [1.54, 1.807) is 0 Å². The number of carboxylic acids is 1. The van der Waals surface area contributed by atoms with Gasteiger partial charge in [-0.25, -0.2) is 9.59 Å². The molecule has 120 valence electrons. The summed E-state index contributed by atoms with van der Waals surface area (Å²) < 4.78 is 0. The van der Waals surface area contributed by atoms with Crippen LogP contribution in [0.15, 0.2) is 0 Å². The Labute approximate surface area is 130 Å². The number of carbonyl (C=O) groups excluding carboxylic acids is 1. The number of rotatable bonds is 4. The Hall–Kier alpha value is -0.950. The molecule has 0 aromatic heterocycles. The standard InChI is InChI=1S/C14H25N3O3S/c1-11-3-2-5-17(12(11)13(18)19)14(20)15-4-6-16-7-9-21-10-8-16/h11-12H,2-10H2,1H3,(H,15,20)(H,18,19). The predicted molar refractivity (Wildman–Crippen MR) is 83.7 cm³/mol. The fourth-order valence-electron chi connectivity index (χ4n) is 3.04. The van der Waals surface area contributed by atoms with Crippen LogP contribution in [-0.2, 0) is 4.79 Å². The molecule has 2 aliphatic heterocycles. The summed E-state index contributed by atoms with van der Waals surface area (Å²) in [5, 5.41) is 12.2. The Kier molecular flexibility index (Phi) is 6.17. The van der Waals surface area contributed by atoms with Gasteiger partial charge in [-0.2, -0.15) is 11.8 Å². The highest BCUT2D eigenvalue weighted by molar-refractivity contribution is 7.99. The molecule has 2 unspecified atom stereocenters. The number of piperidine rings is 1. The minimum Gasteiger partial charge on any atom is -0.480 e. The van der Waals surface area contributed by atoms with Crippen molar-refractivity contribution in [3.8, 4) is 0 Å². The van der Waals surface area contributed by atoms with Gasteiger partial charge in [-0.1, -0.05) is 6.92 Å². The monoisotopic (exact) mass is 315 g/mol. The minimum atomic E-state index is -0.898. The summed E-state index contributed by atoms with van der Waals surface area (Å²) in [5.41, 5.74) is 0. The van der Waals surface area contributed by atoms with Crippen LogP contribution in [0.4, 0.5) is 4.79 Å². The number of carbonyl (C=O) groups is 2. The summed E-state index contributed by atoms with van der Waals surface area (Å²) in [6.07, 6.45) is 1.74. The number of nitrogens with one attached hydrogen (secondary N) is 1. The van der Waals surface area contributed by atoms with Crippen molar-refractivity contribution in [2.75, 3.05) is 44.2 Å². The van der Waals surface area contributed by atoms with Gasteiger partial charge in [0.15, 0.2) is 0 Å². The number of hydrogen-bond acceptors (Lipinski definition) is 4. The lowest BCUT2D eigenvalue weighted by Crippen LogP contribution is -2.55. The normalized spacial score (nSPS) is 27.4. The fourth-order valence-corrected chi connectivity index (χ4v) is 4.02. The van der Waals surface area contributed by atoms with Crippen LogP contribution in [0.5, 0.6) is 0 Å². The lowest BCUT2D eigenvalue weighted by atomic mass is 9.91. The lowest BCUT2D eigenvalue weighted by Gasteiger charge is -2.37. The summed E-state index contributed by atoms with van der Waals surface area (Å²) in [6.45, 7) is 6.00. The Morgan fingerprint density at radius 3 is 2.67 bits per heavy atom. The maximum Gasteiger partial charge on any atom is 0.326 e. The maximum absolute atomic E-state index is 12.2. The molecular formula is C14H25N3O3S. The molecular weight excluding hydrogens is 290 g/mol. The largest absolute Gasteiger partial charge is 0.480 e. The van der Waals surface area contributed by atoms with E-state index in [1.807, 2.05) is 18.7 Å². The zero-order valence-electron chi connectivity index (χ0n) is 12.6. The summed E-state index contributed by atoms with van der Waals surface area (Å²) in [7, 11) is 0. The average Bonchev–Trinajstić information content (AvgIpc) is 2.47. The molecule has 6 nitrogen and oxygen atoms in total. The predicted octanol–water partition coefficient (Wildman–Crippen LogP) is 0.930. The number of nitrogens with zero attached hydrogens (tertiary/aromatic N) is 2. The molecule has 0 spiro atoms. The van der Waals surface area contributed by atoms with Gasteiger partial charge in [-0.05, 0) is 18.8 Å². The first-order chi connectivity index (χ1) is 10.1. The van der Waals surface area contributed by atoms with Crippen LogP contribution < -0.4 is 5.32 Å². The average molecular weight is 315 g/mol. The molecule has 0 aliphatic carbocycles. The number of likely N-dealkylation sites (tertiary alicyclic amines) is 1. The first kappa shape index (κ1) is 16.4. The van der Waals surface area contributed by atoms with E-state index in [0.29, 0.717) is 13.1 Å². The van der Waals surface area contributed by atoms with Crippen molar-refractivity contribution in [1.82, 2.24) is 15.1 Å². The van der Waals surface area contributed by atoms with Crippen molar-refractivity contribution in [2.24, 2.45) is 5.92 Å². The van der Waals surface area contributed by atoms with Gasteiger partial charge in [0.1, 0.15) is 6.04 Å². The molecule has 2 N–H and O–H groups in total. The molecule has 7 heteroatoms. The van der Waals surface area contributed by atoms with Gasteiger partial charge in [0.25, 0.3) is 0 Å². The zero-order valence-corrected chi connectivity index (χ0v) is 13.4. The number of urea groups is 1. The smallest absolute Gasteiger partial charge is 0.326 e. The molecule has 2 atom stereocenters. The summed E-state index contributed by atoms with van der Waals surface area (Å²) in [5.74, 6) is 1.42. The second-order valence-corrected chi connectivity index (χ2v) is 7.01. The Bertz CT molecular complexity index is 374. The van der Waals surface area contributed by atoms with E-state index < -0.39 is 12.0 Å². The van der Waals surface area contributed by atoms with E-state index in [9.17, 15) is 14.7 Å². The van der Waals surface area contributed by atoms with Crippen LogP contribution in [0, 0.1) is 5.92 Å². The number of hydrogen-bond donors (Lipinski definition) is 2. The second kappa shape index (κ2) is 7.89. The molecule has 0 aromatic carbocycles. The Balaban J connectivity index is 1.79. The number of aliphatic carboxylic acids is 1. The van der Waals surface area contributed by atoms with Gasteiger partial charge < -0.3 is 15.3 Å². The molecule has 0 saturated carbocycles. The summed E-state index contributed by atoms with van der Waals surface area (Å²) in [6, 6.07) is -0.925. The highest BCUT2D eigenvalue weighted by Gasteiger charge is 2.36. The molecule has 2 fully saturated rings. The molecule has 0 radical (unpaired) electrons. The Morgan fingerprint density at radius 1 is 1.29 bits per heavy atom. The molecule has 0 bridgehead atoms. The van der Waals surface area contributed by atoms with E-state index in [1.165, 1.54) is 4.90 Å². The van der Waals surface area contributed by atoms with Gasteiger partial charge in [-0.15, -0.1) is 0 Å². The van der Waals surface area contributed by atoms with Crippen LogP contribution in [0.2, 0.25) is 0 Å². The first-order valence-electron chi connectivity index (χ1n) is 7.67. The van der Waals surface area contributed by atoms with E-state index in [-0.39, 0.29) is 11.9 Å². The van der Waals surface area contributed by atoms with Crippen molar-refractivity contribution in [3.05, 3.63) is 0 Å². The van der Waals surface area contributed by atoms with E-state index in [0.717, 1.165) is 44.0 Å². The minimum absolute atomic E-state index is 0.0149. The highest BCUT2D eigenvalue weighted by Crippen LogP contribution is 2.23. The number of thioether (sulfide) groups is 1. The van der Waals surface area contributed by atoms with Gasteiger partial charge in [-0.3, -0.25) is 4.90 Å². The SMILES string of the molecule is CC1CCCN(C(=O)NCCN2CCSCC2)C1C(=O)O. The quantitative estimate of drug-likeness (QED) is 0.807. The van der Waals surface area contributed by atoms with Crippen LogP contribution >= 0.6 is 11.8 Å². The van der Waals surface area contributed by atoms with Crippen molar-refractivity contribution in [3.63, 3.8) is 0 Å². The molecule has 2 amide bonds. The first-order valence-corrected chi connectivity index (χ1v) is 8.82. The molecule has 0 aromatic rings. The summed E-state index contributed by atoms with van der Waals surface area (Å²) in [4.78, 5) is 27.4. The molecule has 2 saturated heterocycles. The van der Waals surface area contributed by atoms with Gasteiger partial charge in [0.05, 0.1) is 0 Å². The number of amides is 2. The fraction of sp³-hybridized carbons (Fsp3) is 0.857. The van der Waals surface area contributed by atoms with Crippen LogP contribution in [0.25, 0.3) is 0 Å². The van der Waals surface area contributed by atoms with Crippen LogP contribution in [0.1, 0.15) is 19.8 Å². The topological polar surface area (TPSA) is 72.9 Å². The zero-order chi connectivity index (χ0) is 15.2. The van der Waals surface area contributed by atoms with Crippen molar-refractivity contribution < 1.29 is 14.7 Å². The molecule has 21 heavy (non-hydrogen) atoms. The van der Waals surface area contributed by atoms with Crippen LogP contribution in [-0.4, -0.2) is 77.2 Å². The van der Waals surface area contributed by atoms with Crippen molar-refractivity contribution >= 4 is 23.8 Å². The third kappa shape index (κ3) is 4.51. The van der Waals surface area contributed by atoms with E-state index in [4.69, 9.17) is 0 Å². The van der Waals surface area contributed by atoms with Gasteiger partial charge in [0, 0.05) is 44.2 Å². The third-order valence-corrected chi connectivity index (χ3v) is 5.20. The van der Waals surface area contributed by atoms with Gasteiger partial charge in [0.2, 0.25) is 0 Å². The Morgan fingerprint density at radius 2 is 2.00 bits per heavy atom. The highest BCUT2D eigenvalue weighted by atomic mass is 32.2. The number of carboxylic acid groups (broad SMARTS) is 1. The summed E-state index contributed by atoms with van der Waals surface area (Å²) >= 11 is 1.96. The molecule has 2 aliphatic rings. The third-order valence-electron chi connectivity index (χ3n) is 4.26. The van der Waals surface area contributed by atoms with E-state index >= 15 is 0 Å². The van der Waals surface area contributed by atoms with Crippen molar-refractivity contribution in [1.29, 1.82) is 0 Å².